The van der Waals surface area contributed by atoms with E-state index in [-0.39, 0.29) is 17.5 Å². The van der Waals surface area contributed by atoms with Crippen LogP contribution in [0.25, 0.3) is 0 Å². The number of hydrogen-bond acceptors (Lipinski definition) is 4. The minimum absolute atomic E-state index is 0.0663. The fourth-order valence-corrected chi connectivity index (χ4v) is 3.04. The van der Waals surface area contributed by atoms with Gasteiger partial charge in [0.2, 0.25) is 15.9 Å². The summed E-state index contributed by atoms with van der Waals surface area (Å²) in [7, 11) is -3.72. The molecule has 25 heavy (non-hydrogen) atoms. The number of rotatable bonds is 7. The Bertz CT molecular complexity index is 813. The lowest BCUT2D eigenvalue weighted by Crippen LogP contribution is -2.32. The highest BCUT2D eigenvalue weighted by Gasteiger charge is 2.15. The van der Waals surface area contributed by atoms with Gasteiger partial charge in [-0.1, -0.05) is 17.7 Å². The first-order chi connectivity index (χ1) is 11.8. The Morgan fingerprint density at radius 3 is 2.20 bits per heavy atom. The Morgan fingerprint density at radius 2 is 1.64 bits per heavy atom. The predicted molar refractivity (Wildman–Crippen MR) is 97.2 cm³/mol. The number of ether oxygens (including phenoxy) is 1. The zero-order valence-electron chi connectivity index (χ0n) is 14.4. The molecule has 134 valence electrons. The average molecular weight is 362 g/mol. The van der Waals surface area contributed by atoms with Crippen molar-refractivity contribution in [2.45, 2.75) is 31.8 Å². The maximum atomic E-state index is 12.1. The van der Waals surface area contributed by atoms with E-state index in [2.05, 4.69) is 10.0 Å². The van der Waals surface area contributed by atoms with Gasteiger partial charge in [0.15, 0.2) is 0 Å². The molecule has 0 saturated heterocycles. The van der Waals surface area contributed by atoms with Crippen LogP contribution in [-0.2, 0) is 14.8 Å². The largest absolute Gasteiger partial charge is 0.491 e. The van der Waals surface area contributed by atoms with Crippen molar-refractivity contribution in [3.63, 3.8) is 0 Å². The third-order valence-corrected chi connectivity index (χ3v) is 4.68. The van der Waals surface area contributed by atoms with E-state index in [9.17, 15) is 13.2 Å². The fraction of sp³-hybridized carbons (Fsp3) is 0.278. The summed E-state index contributed by atoms with van der Waals surface area (Å²) in [5.74, 6) is 0.251. The van der Waals surface area contributed by atoms with E-state index in [4.69, 9.17) is 4.74 Å². The van der Waals surface area contributed by atoms with E-state index in [0.717, 1.165) is 5.56 Å². The van der Waals surface area contributed by atoms with E-state index >= 15 is 0 Å². The molecular formula is C18H22N2O4S. The second kappa shape index (κ2) is 8.13. The molecule has 0 spiro atoms. The maximum absolute atomic E-state index is 12.1. The van der Waals surface area contributed by atoms with Crippen LogP contribution in [0.15, 0.2) is 53.4 Å². The number of carbonyl (C=O) groups is 1. The van der Waals surface area contributed by atoms with Crippen molar-refractivity contribution >= 4 is 21.6 Å². The van der Waals surface area contributed by atoms with Crippen molar-refractivity contribution < 1.29 is 17.9 Å². The van der Waals surface area contributed by atoms with Gasteiger partial charge in [0.1, 0.15) is 5.75 Å². The normalized spacial score (nSPS) is 11.4. The molecule has 0 radical (unpaired) electrons. The van der Waals surface area contributed by atoms with Crippen LogP contribution < -0.4 is 14.8 Å². The summed E-state index contributed by atoms with van der Waals surface area (Å²) in [6.45, 7) is 5.38. The van der Waals surface area contributed by atoms with Gasteiger partial charge in [0.05, 0.1) is 17.5 Å². The Balaban J connectivity index is 1.90. The third-order valence-electron chi connectivity index (χ3n) is 3.26. The molecule has 2 N–H and O–H groups in total. The van der Waals surface area contributed by atoms with Crippen LogP contribution in [0.5, 0.6) is 5.75 Å². The molecule has 7 heteroatoms. The second-order valence-electron chi connectivity index (χ2n) is 5.88. The van der Waals surface area contributed by atoms with Crippen molar-refractivity contribution in [1.29, 1.82) is 0 Å². The van der Waals surface area contributed by atoms with Gasteiger partial charge in [0.25, 0.3) is 0 Å². The number of hydrogen-bond donors (Lipinski definition) is 2. The molecule has 0 aromatic heterocycles. The summed E-state index contributed by atoms with van der Waals surface area (Å²) in [5, 5.41) is 2.63. The molecule has 2 rings (SSSR count). The molecule has 0 aliphatic rings. The lowest BCUT2D eigenvalue weighted by Gasteiger charge is -2.11. The number of nitrogens with one attached hydrogen (secondary N) is 2. The SMILES string of the molecule is Cc1ccc(S(=O)(=O)NCC(=O)Nc2ccc(OC(C)C)cc2)cc1. The molecule has 0 bridgehead atoms. The molecule has 0 aliphatic carbocycles. The lowest BCUT2D eigenvalue weighted by atomic mass is 10.2. The molecule has 0 heterocycles. The fourth-order valence-electron chi connectivity index (χ4n) is 2.06. The van der Waals surface area contributed by atoms with Crippen LogP contribution in [0.1, 0.15) is 19.4 Å². The van der Waals surface area contributed by atoms with Crippen LogP contribution in [0.4, 0.5) is 5.69 Å². The Hall–Kier alpha value is -2.38. The van der Waals surface area contributed by atoms with E-state index in [1.54, 1.807) is 36.4 Å². The molecular weight excluding hydrogens is 340 g/mol. The van der Waals surface area contributed by atoms with Crippen LogP contribution in [0.3, 0.4) is 0 Å². The van der Waals surface area contributed by atoms with Gasteiger partial charge in [-0.3, -0.25) is 4.79 Å². The first-order valence-corrected chi connectivity index (χ1v) is 9.37. The summed E-state index contributed by atoms with van der Waals surface area (Å²) in [5.41, 5.74) is 1.53. The molecule has 0 unspecified atom stereocenters. The lowest BCUT2D eigenvalue weighted by molar-refractivity contribution is -0.115. The molecule has 2 aromatic carbocycles. The number of benzene rings is 2. The van der Waals surface area contributed by atoms with Crippen molar-refractivity contribution in [3.05, 3.63) is 54.1 Å². The van der Waals surface area contributed by atoms with E-state index in [1.165, 1.54) is 12.1 Å². The van der Waals surface area contributed by atoms with Crippen molar-refractivity contribution in [3.8, 4) is 5.75 Å². The summed E-state index contributed by atoms with van der Waals surface area (Å²) in [4.78, 5) is 12.1. The van der Waals surface area contributed by atoms with Gasteiger partial charge in [-0.05, 0) is 57.2 Å². The Morgan fingerprint density at radius 1 is 1.04 bits per heavy atom. The third kappa shape index (κ3) is 5.88. The topological polar surface area (TPSA) is 84.5 Å². The monoisotopic (exact) mass is 362 g/mol. The second-order valence-corrected chi connectivity index (χ2v) is 7.64. The number of carbonyl (C=O) groups excluding carboxylic acids is 1. The van der Waals surface area contributed by atoms with Crippen LogP contribution in [0, 0.1) is 6.92 Å². The molecule has 0 saturated carbocycles. The highest BCUT2D eigenvalue weighted by Crippen LogP contribution is 2.17. The van der Waals surface area contributed by atoms with E-state index in [1.807, 2.05) is 20.8 Å². The van der Waals surface area contributed by atoms with Gasteiger partial charge in [-0.15, -0.1) is 0 Å². The number of anilines is 1. The van der Waals surface area contributed by atoms with Gasteiger partial charge >= 0.3 is 0 Å². The van der Waals surface area contributed by atoms with E-state index < -0.39 is 15.9 Å². The highest BCUT2D eigenvalue weighted by atomic mass is 32.2. The molecule has 0 aliphatic heterocycles. The quantitative estimate of drug-likeness (QED) is 0.793. The van der Waals surface area contributed by atoms with Crippen LogP contribution >= 0.6 is 0 Å². The standard InChI is InChI=1S/C18H22N2O4S/c1-13(2)24-16-8-6-15(7-9-16)20-18(21)12-19-25(22,23)17-10-4-14(3)5-11-17/h4-11,13,19H,12H2,1-3H3,(H,20,21). The first-order valence-electron chi connectivity index (χ1n) is 7.89. The summed E-state index contributed by atoms with van der Waals surface area (Å²) in [6, 6.07) is 13.3. The van der Waals surface area contributed by atoms with Gasteiger partial charge < -0.3 is 10.1 Å². The molecule has 0 fully saturated rings. The summed E-state index contributed by atoms with van der Waals surface area (Å²) >= 11 is 0. The van der Waals surface area contributed by atoms with Gasteiger partial charge in [-0.2, -0.15) is 0 Å². The zero-order valence-corrected chi connectivity index (χ0v) is 15.3. The summed E-state index contributed by atoms with van der Waals surface area (Å²) < 4.78 is 32.1. The molecule has 2 aromatic rings. The highest BCUT2D eigenvalue weighted by molar-refractivity contribution is 7.89. The Kier molecular flexibility index (Phi) is 6.17. The van der Waals surface area contributed by atoms with Crippen molar-refractivity contribution in [2.75, 3.05) is 11.9 Å². The maximum Gasteiger partial charge on any atom is 0.241 e. The van der Waals surface area contributed by atoms with Gasteiger partial charge in [0, 0.05) is 5.69 Å². The summed E-state index contributed by atoms with van der Waals surface area (Å²) in [6.07, 6.45) is 0.0663. The van der Waals surface area contributed by atoms with Gasteiger partial charge in [-0.25, -0.2) is 13.1 Å². The minimum Gasteiger partial charge on any atom is -0.491 e. The minimum atomic E-state index is -3.72. The zero-order chi connectivity index (χ0) is 18.4. The molecule has 1 amide bonds. The van der Waals surface area contributed by atoms with E-state index in [0.29, 0.717) is 11.4 Å². The first kappa shape index (κ1) is 19.0. The Labute approximate surface area is 148 Å². The van der Waals surface area contributed by atoms with Crippen molar-refractivity contribution in [1.82, 2.24) is 4.72 Å². The van der Waals surface area contributed by atoms with Crippen LogP contribution in [0.2, 0.25) is 0 Å². The number of aryl methyl sites for hydroxylation is 1. The average Bonchev–Trinajstić information content (AvgIpc) is 2.55. The van der Waals surface area contributed by atoms with Crippen molar-refractivity contribution in [2.24, 2.45) is 0 Å². The smallest absolute Gasteiger partial charge is 0.241 e. The number of amides is 1. The molecule has 6 nitrogen and oxygen atoms in total. The number of sulfonamides is 1. The predicted octanol–water partition coefficient (Wildman–Crippen LogP) is 2.70. The van der Waals surface area contributed by atoms with Crippen LogP contribution in [-0.4, -0.2) is 27.0 Å². The molecule has 0 atom stereocenters.